The van der Waals surface area contributed by atoms with E-state index in [-0.39, 0.29) is 17.0 Å². The Bertz CT molecular complexity index is 981. The number of nitrogens with zero attached hydrogens (tertiary/aromatic N) is 4. The molecule has 0 aliphatic carbocycles. The number of rotatable bonds is 4. The van der Waals surface area contributed by atoms with Crippen LogP contribution in [-0.2, 0) is 4.79 Å². The highest BCUT2D eigenvalue weighted by atomic mass is 32.1. The maximum atomic E-state index is 12.7. The predicted octanol–water partition coefficient (Wildman–Crippen LogP) is 3.18. The van der Waals surface area contributed by atoms with Crippen molar-refractivity contribution in [2.45, 2.75) is 0 Å². The zero-order chi connectivity index (χ0) is 18.8. The number of aromatic carboxylic acids is 1. The lowest BCUT2D eigenvalue weighted by Gasteiger charge is -2.08. The van der Waals surface area contributed by atoms with Crippen LogP contribution in [0.1, 0.15) is 15.2 Å². The molecule has 0 bridgehead atoms. The average Bonchev–Trinajstić information content (AvgIpc) is 3.21. The van der Waals surface area contributed by atoms with Gasteiger partial charge >= 0.3 is 11.8 Å². The fraction of sp³-hybridized carbons (Fsp3) is 0.111. The molecular weight excluding hydrogens is 352 g/mol. The summed E-state index contributed by atoms with van der Waals surface area (Å²) in [6.45, 7) is 7.29. The van der Waals surface area contributed by atoms with Gasteiger partial charge < -0.3 is 14.9 Å². The number of carboxylic acids is 1. The molecule has 0 saturated heterocycles. The average molecular weight is 366 g/mol. The Balaban J connectivity index is 1.93. The first kappa shape index (κ1) is 17.4. The second-order valence-corrected chi connectivity index (χ2v) is 6.73. The maximum Gasteiger partial charge on any atom is 0.335 e. The van der Waals surface area contributed by atoms with Gasteiger partial charge in [-0.2, -0.15) is 0 Å². The van der Waals surface area contributed by atoms with Gasteiger partial charge in [-0.3, -0.25) is 4.79 Å². The van der Waals surface area contributed by atoms with Crippen molar-refractivity contribution in [3.63, 3.8) is 0 Å². The molecule has 0 spiro atoms. The molecule has 1 N–H and O–H groups in total. The minimum absolute atomic E-state index is 0.0112. The first-order valence-electron chi connectivity index (χ1n) is 7.54. The van der Waals surface area contributed by atoms with Gasteiger partial charge in [0.05, 0.1) is 21.8 Å². The molecule has 0 fully saturated rings. The minimum atomic E-state index is -1.05. The van der Waals surface area contributed by atoms with E-state index in [2.05, 4.69) is 9.95 Å². The van der Waals surface area contributed by atoms with Crippen molar-refractivity contribution in [1.29, 1.82) is 0 Å². The molecular formula is C18H14N4O3S. The van der Waals surface area contributed by atoms with Crippen LogP contribution in [0.25, 0.3) is 10.9 Å². The summed E-state index contributed by atoms with van der Waals surface area (Å²) in [6, 6.07) is 9.58. The monoisotopic (exact) mass is 366 g/mol. The second kappa shape index (κ2) is 6.82. The van der Waals surface area contributed by atoms with Crippen LogP contribution in [0.3, 0.4) is 0 Å². The summed E-state index contributed by atoms with van der Waals surface area (Å²) in [4.78, 5) is 29.8. The molecule has 1 aliphatic rings. The number of hydrogen-bond donors (Lipinski definition) is 1. The lowest BCUT2D eigenvalue weighted by atomic mass is 10.2. The molecule has 130 valence electrons. The number of amidine groups is 1. The van der Waals surface area contributed by atoms with Gasteiger partial charge in [-0.25, -0.2) is 4.79 Å². The van der Waals surface area contributed by atoms with Crippen LogP contribution in [-0.4, -0.2) is 36.9 Å². The van der Waals surface area contributed by atoms with Gasteiger partial charge in [0.25, 0.3) is 5.91 Å². The number of carbonyl (C=O) groups is 2. The van der Waals surface area contributed by atoms with Crippen LogP contribution in [0.15, 0.2) is 47.1 Å². The Hall–Kier alpha value is -3.44. The normalized spacial score (nSPS) is 15.1. The minimum Gasteiger partial charge on any atom is -0.478 e. The van der Waals surface area contributed by atoms with Crippen molar-refractivity contribution in [3.8, 4) is 0 Å². The molecule has 3 rings (SSSR count). The molecule has 1 aliphatic heterocycles. The standard InChI is InChI=1S/C18H14N4O3S/c1-19-16-14(10-13-8-9-15(26-13)21(2)3)17(23)22(20-16)12-6-4-11(5-7-12)18(24)25/h4-10H,2-3H3,(H,24,25). The number of carbonyl (C=O) groups excluding carboxylic acids is 1. The van der Waals surface area contributed by atoms with Crippen molar-refractivity contribution < 1.29 is 14.7 Å². The fourth-order valence-electron chi connectivity index (χ4n) is 2.34. The summed E-state index contributed by atoms with van der Waals surface area (Å²) in [6.07, 6.45) is 1.66. The number of benzene rings is 1. The van der Waals surface area contributed by atoms with Crippen molar-refractivity contribution in [2.75, 3.05) is 24.0 Å². The molecule has 0 saturated carbocycles. The number of thiophene rings is 1. The first-order chi connectivity index (χ1) is 12.4. The van der Waals surface area contributed by atoms with E-state index < -0.39 is 11.9 Å². The number of hydrogen-bond acceptors (Lipinski definition) is 5. The molecule has 2 aromatic rings. The lowest BCUT2D eigenvalue weighted by Crippen LogP contribution is -2.21. The lowest BCUT2D eigenvalue weighted by molar-refractivity contribution is -0.114. The van der Waals surface area contributed by atoms with Crippen molar-refractivity contribution in [1.82, 2.24) is 0 Å². The van der Waals surface area contributed by atoms with Crippen LogP contribution in [0.2, 0.25) is 0 Å². The quantitative estimate of drug-likeness (QED) is 0.666. The maximum absolute atomic E-state index is 12.7. The van der Waals surface area contributed by atoms with E-state index in [1.807, 2.05) is 31.1 Å². The summed E-state index contributed by atoms with van der Waals surface area (Å²) in [7, 11) is 3.86. The molecule has 8 heteroatoms. The Morgan fingerprint density at radius 1 is 1.27 bits per heavy atom. The number of carboxylic acid groups (broad SMARTS) is 1. The van der Waals surface area contributed by atoms with E-state index in [4.69, 9.17) is 11.7 Å². The molecule has 26 heavy (non-hydrogen) atoms. The molecule has 1 amide bonds. The third-order valence-corrected chi connectivity index (χ3v) is 4.86. The van der Waals surface area contributed by atoms with Gasteiger partial charge in [-0.1, -0.05) is 6.57 Å². The molecule has 0 unspecified atom stereocenters. The molecule has 0 radical (unpaired) electrons. The third-order valence-electron chi connectivity index (χ3n) is 3.66. The predicted molar refractivity (Wildman–Crippen MR) is 102 cm³/mol. The summed E-state index contributed by atoms with van der Waals surface area (Å²) in [5, 5.41) is 15.2. The van der Waals surface area contributed by atoms with E-state index >= 15 is 0 Å². The van der Waals surface area contributed by atoms with E-state index in [0.717, 1.165) is 14.9 Å². The highest BCUT2D eigenvalue weighted by Crippen LogP contribution is 2.30. The Kier molecular flexibility index (Phi) is 4.56. The van der Waals surface area contributed by atoms with Crippen LogP contribution in [0.4, 0.5) is 10.7 Å². The molecule has 0 atom stereocenters. The first-order valence-corrected chi connectivity index (χ1v) is 8.35. The van der Waals surface area contributed by atoms with Gasteiger partial charge in [0.1, 0.15) is 0 Å². The summed E-state index contributed by atoms with van der Waals surface area (Å²) < 4.78 is 0. The Morgan fingerprint density at radius 3 is 2.50 bits per heavy atom. The van der Waals surface area contributed by atoms with Gasteiger partial charge in [0.2, 0.25) is 0 Å². The van der Waals surface area contributed by atoms with E-state index in [1.165, 1.54) is 35.6 Å². The smallest absolute Gasteiger partial charge is 0.335 e. The van der Waals surface area contributed by atoms with Crippen molar-refractivity contribution in [2.24, 2.45) is 5.10 Å². The van der Waals surface area contributed by atoms with Gasteiger partial charge in [0, 0.05) is 19.0 Å². The van der Waals surface area contributed by atoms with Gasteiger partial charge in [-0.15, -0.1) is 16.3 Å². The van der Waals surface area contributed by atoms with Crippen LogP contribution < -0.4 is 9.91 Å². The van der Waals surface area contributed by atoms with Gasteiger partial charge in [-0.05, 0) is 47.6 Å². The number of hydrazone groups is 1. The van der Waals surface area contributed by atoms with Crippen molar-refractivity contribution in [3.05, 3.63) is 63.8 Å². The molecule has 1 aromatic heterocycles. The van der Waals surface area contributed by atoms with Gasteiger partial charge in [0.15, 0.2) is 0 Å². The highest BCUT2D eigenvalue weighted by molar-refractivity contribution is 7.17. The zero-order valence-corrected chi connectivity index (χ0v) is 14.8. The Labute approximate surface area is 153 Å². The van der Waals surface area contributed by atoms with Crippen LogP contribution >= 0.6 is 11.3 Å². The number of amides is 1. The zero-order valence-electron chi connectivity index (χ0n) is 14.0. The molecule has 2 heterocycles. The van der Waals surface area contributed by atoms with E-state index in [9.17, 15) is 9.59 Å². The SMILES string of the molecule is [C-]#[N+]C1=NN(c2ccc(C(=O)O)cc2)C(=O)C1=Cc1ccc(N(C)C)s1. The fourth-order valence-corrected chi connectivity index (χ4v) is 3.21. The summed E-state index contributed by atoms with van der Waals surface area (Å²) in [5.74, 6) is -1.46. The number of anilines is 2. The van der Waals surface area contributed by atoms with E-state index in [1.54, 1.807) is 6.08 Å². The topological polar surface area (TPSA) is 77.6 Å². The van der Waals surface area contributed by atoms with Crippen LogP contribution in [0, 0.1) is 6.57 Å². The largest absolute Gasteiger partial charge is 0.478 e. The summed E-state index contributed by atoms with van der Waals surface area (Å²) in [5.41, 5.74) is 0.736. The second-order valence-electron chi connectivity index (χ2n) is 5.63. The molecule has 1 aromatic carbocycles. The van der Waals surface area contributed by atoms with Crippen LogP contribution in [0.5, 0.6) is 0 Å². The highest BCUT2D eigenvalue weighted by Gasteiger charge is 2.34. The van der Waals surface area contributed by atoms with Crippen molar-refractivity contribution >= 4 is 45.8 Å². The Morgan fingerprint density at radius 2 is 1.96 bits per heavy atom. The molecule has 7 nitrogen and oxygen atoms in total. The van der Waals surface area contributed by atoms with E-state index in [0.29, 0.717) is 5.69 Å². The third kappa shape index (κ3) is 3.20. The summed E-state index contributed by atoms with van der Waals surface area (Å²) >= 11 is 1.50.